The molecule has 114 valence electrons. The first-order valence-electron chi connectivity index (χ1n) is 6.38. The number of nitrogens with zero attached hydrogens (tertiary/aromatic N) is 2. The van der Waals surface area contributed by atoms with Crippen molar-refractivity contribution in [3.63, 3.8) is 0 Å². The topological polar surface area (TPSA) is 113 Å². The smallest absolute Gasteiger partial charge is 0.237 e. The highest BCUT2D eigenvalue weighted by Gasteiger charge is 2.52. The molecule has 1 aliphatic heterocycles. The van der Waals surface area contributed by atoms with Gasteiger partial charge >= 0.3 is 0 Å². The number of nitrogens with two attached hydrogens (primary N) is 1. The molecular formula is C11H19N3O4S2. The van der Waals surface area contributed by atoms with Gasteiger partial charge in [-0.1, -0.05) is 11.6 Å². The second-order valence-electron chi connectivity index (χ2n) is 5.28. The zero-order chi connectivity index (χ0) is 15.0. The van der Waals surface area contributed by atoms with Crippen molar-refractivity contribution in [1.29, 1.82) is 0 Å². The Morgan fingerprint density at radius 3 is 2.60 bits per heavy atom. The summed E-state index contributed by atoms with van der Waals surface area (Å²) in [4.78, 5) is 14.1. The number of carbonyl (C=O) groups excluding carboxylic acids is 1. The molecule has 1 unspecified atom stereocenters. The van der Waals surface area contributed by atoms with Crippen molar-refractivity contribution in [2.24, 2.45) is 16.3 Å². The lowest BCUT2D eigenvalue weighted by Crippen LogP contribution is -2.60. The first-order valence-corrected chi connectivity index (χ1v) is 9.49. The van der Waals surface area contributed by atoms with Gasteiger partial charge in [-0.3, -0.25) is 4.79 Å². The van der Waals surface area contributed by atoms with Gasteiger partial charge < -0.3 is 15.8 Å². The quantitative estimate of drug-likeness (QED) is 0.323. The molecule has 7 nitrogen and oxygen atoms in total. The maximum absolute atomic E-state index is 12.7. The molecule has 0 radical (unpaired) electrons. The van der Waals surface area contributed by atoms with E-state index in [-0.39, 0.29) is 11.7 Å². The summed E-state index contributed by atoms with van der Waals surface area (Å²) in [5.74, 6) is 0.634. The van der Waals surface area contributed by atoms with Crippen molar-refractivity contribution in [3.05, 3.63) is 0 Å². The molecule has 2 rings (SSSR count). The van der Waals surface area contributed by atoms with Crippen LogP contribution in [0.2, 0.25) is 0 Å². The average Bonchev–Trinajstić information content (AvgIpc) is 2.36. The Labute approximate surface area is 122 Å². The Morgan fingerprint density at radius 2 is 2.15 bits per heavy atom. The molecule has 2 fully saturated rings. The van der Waals surface area contributed by atoms with Crippen LogP contribution < -0.4 is 5.73 Å². The van der Waals surface area contributed by atoms with E-state index in [1.54, 1.807) is 0 Å². The lowest BCUT2D eigenvalue weighted by atomic mass is 9.67. The van der Waals surface area contributed by atoms with Crippen molar-refractivity contribution in [3.8, 4) is 0 Å². The predicted octanol–water partition coefficient (Wildman–Crippen LogP) is -0.151. The van der Waals surface area contributed by atoms with Crippen LogP contribution in [-0.2, 0) is 14.6 Å². The zero-order valence-corrected chi connectivity index (χ0v) is 12.9. The van der Waals surface area contributed by atoms with Crippen LogP contribution in [0.3, 0.4) is 0 Å². The Hall–Kier alpha value is -0.960. The fraction of sp³-hybridized carbons (Fsp3) is 0.818. The van der Waals surface area contributed by atoms with E-state index in [2.05, 4.69) is 5.16 Å². The third-order valence-electron chi connectivity index (χ3n) is 4.05. The van der Waals surface area contributed by atoms with E-state index in [1.165, 1.54) is 16.7 Å². The lowest BCUT2D eigenvalue weighted by Gasteiger charge is -2.45. The van der Waals surface area contributed by atoms with Gasteiger partial charge in [-0.05, 0) is 12.8 Å². The number of sulfone groups is 1. The second-order valence-corrected chi connectivity index (χ2v) is 8.63. The van der Waals surface area contributed by atoms with Crippen LogP contribution in [-0.4, -0.2) is 59.9 Å². The minimum absolute atomic E-state index is 0.112. The van der Waals surface area contributed by atoms with Gasteiger partial charge in [0.25, 0.3) is 0 Å². The molecule has 0 spiro atoms. The van der Waals surface area contributed by atoms with E-state index in [0.717, 1.165) is 12.7 Å². The van der Waals surface area contributed by atoms with Gasteiger partial charge in [-0.25, -0.2) is 8.42 Å². The van der Waals surface area contributed by atoms with E-state index in [1.807, 2.05) is 0 Å². The Kier molecular flexibility index (Phi) is 4.19. The van der Waals surface area contributed by atoms with Gasteiger partial charge in [-0.15, -0.1) is 0 Å². The fourth-order valence-corrected chi connectivity index (χ4v) is 5.46. The molecule has 2 aliphatic rings. The molecule has 3 N–H and O–H groups in total. The second kappa shape index (κ2) is 5.44. The fourth-order valence-electron chi connectivity index (χ4n) is 2.65. The lowest BCUT2D eigenvalue weighted by molar-refractivity contribution is -0.142. The summed E-state index contributed by atoms with van der Waals surface area (Å²) in [5, 5.41) is 11.0. The SMILES string of the molecule is CS(=O)(=O)C1CSCCN1C(=O)C1(C(N)=NO)CCC1. The maximum Gasteiger partial charge on any atom is 0.237 e. The number of hydrogen-bond acceptors (Lipinski definition) is 6. The summed E-state index contributed by atoms with van der Waals surface area (Å²) in [6, 6.07) is 0. The summed E-state index contributed by atoms with van der Waals surface area (Å²) in [5.41, 5.74) is 4.66. The van der Waals surface area contributed by atoms with Gasteiger partial charge in [0.1, 0.15) is 10.8 Å². The van der Waals surface area contributed by atoms with Crippen molar-refractivity contribution in [2.75, 3.05) is 24.3 Å². The number of thioether (sulfide) groups is 1. The summed E-state index contributed by atoms with van der Waals surface area (Å²) in [6.07, 6.45) is 2.96. The highest BCUT2D eigenvalue weighted by Crippen LogP contribution is 2.44. The summed E-state index contributed by atoms with van der Waals surface area (Å²) in [7, 11) is -3.36. The summed E-state index contributed by atoms with van der Waals surface area (Å²) in [6.45, 7) is 0.377. The minimum atomic E-state index is -3.36. The molecule has 1 aliphatic carbocycles. The summed E-state index contributed by atoms with van der Waals surface area (Å²) < 4.78 is 23.7. The third-order valence-corrected chi connectivity index (χ3v) is 6.70. The number of amidine groups is 1. The molecule has 0 aromatic carbocycles. The standard InChI is InChI=1S/C11H19N3O4S2/c1-20(17,18)8-7-19-6-5-14(8)10(15)11(3-2-4-11)9(12)13-16/h8,16H,2-7H2,1H3,(H2,12,13). The number of carbonyl (C=O) groups is 1. The van der Waals surface area contributed by atoms with Crippen LogP contribution in [0.1, 0.15) is 19.3 Å². The monoisotopic (exact) mass is 321 g/mol. The molecule has 1 amide bonds. The maximum atomic E-state index is 12.7. The Balaban J connectivity index is 2.31. The van der Waals surface area contributed by atoms with Crippen molar-refractivity contribution in [1.82, 2.24) is 4.90 Å². The molecule has 1 saturated carbocycles. The molecule has 1 atom stereocenters. The Morgan fingerprint density at radius 1 is 1.50 bits per heavy atom. The van der Waals surface area contributed by atoms with Gasteiger partial charge in [0.2, 0.25) is 5.91 Å². The third kappa shape index (κ3) is 2.48. The molecule has 0 aromatic rings. The number of amides is 1. The van der Waals surface area contributed by atoms with E-state index in [9.17, 15) is 13.2 Å². The normalized spacial score (nSPS) is 26.9. The zero-order valence-electron chi connectivity index (χ0n) is 11.3. The van der Waals surface area contributed by atoms with E-state index >= 15 is 0 Å². The number of hydrogen-bond donors (Lipinski definition) is 2. The number of oxime groups is 1. The molecule has 9 heteroatoms. The van der Waals surface area contributed by atoms with Gasteiger partial charge in [-0.2, -0.15) is 11.8 Å². The van der Waals surface area contributed by atoms with Crippen LogP contribution in [0, 0.1) is 5.41 Å². The molecule has 1 heterocycles. The largest absolute Gasteiger partial charge is 0.409 e. The molecule has 0 aromatic heterocycles. The Bertz CT molecular complexity index is 528. The first kappa shape index (κ1) is 15.4. The molecule has 0 bridgehead atoms. The van der Waals surface area contributed by atoms with Crippen molar-refractivity contribution in [2.45, 2.75) is 24.6 Å². The highest BCUT2D eigenvalue weighted by atomic mass is 32.2. The van der Waals surface area contributed by atoms with Crippen molar-refractivity contribution < 1.29 is 18.4 Å². The average molecular weight is 321 g/mol. The van der Waals surface area contributed by atoms with Gasteiger partial charge in [0.05, 0.1) is 0 Å². The molecule has 20 heavy (non-hydrogen) atoms. The summed E-state index contributed by atoms with van der Waals surface area (Å²) >= 11 is 1.52. The van der Waals surface area contributed by atoms with Crippen LogP contribution >= 0.6 is 11.8 Å². The van der Waals surface area contributed by atoms with Crippen LogP contribution in [0.25, 0.3) is 0 Å². The highest BCUT2D eigenvalue weighted by molar-refractivity contribution is 8.00. The molecular weight excluding hydrogens is 302 g/mol. The van der Waals surface area contributed by atoms with Crippen LogP contribution in [0.5, 0.6) is 0 Å². The number of rotatable bonds is 3. The van der Waals surface area contributed by atoms with Gasteiger partial charge in [0.15, 0.2) is 15.7 Å². The predicted molar refractivity (Wildman–Crippen MR) is 77.4 cm³/mol. The van der Waals surface area contributed by atoms with Crippen LogP contribution in [0.15, 0.2) is 5.16 Å². The van der Waals surface area contributed by atoms with E-state index < -0.39 is 20.6 Å². The minimum Gasteiger partial charge on any atom is -0.409 e. The van der Waals surface area contributed by atoms with Crippen molar-refractivity contribution >= 4 is 33.3 Å². The van der Waals surface area contributed by atoms with Crippen LogP contribution in [0.4, 0.5) is 0 Å². The molecule has 1 saturated heterocycles. The first-order chi connectivity index (χ1) is 9.33. The van der Waals surface area contributed by atoms with E-state index in [4.69, 9.17) is 10.9 Å². The van der Waals surface area contributed by atoms with E-state index in [0.29, 0.717) is 30.9 Å². The van der Waals surface area contributed by atoms with Gasteiger partial charge in [0, 0.05) is 24.3 Å².